The Bertz CT molecular complexity index is 1080. The molecule has 10 heteroatoms. The Balaban J connectivity index is 2.00. The molecule has 0 spiro atoms. The highest BCUT2D eigenvalue weighted by molar-refractivity contribution is 5.97. The second kappa shape index (κ2) is 14.1. The van der Waals surface area contributed by atoms with E-state index >= 15 is 0 Å². The number of esters is 1. The van der Waals surface area contributed by atoms with Gasteiger partial charge >= 0.3 is 5.97 Å². The van der Waals surface area contributed by atoms with Crippen LogP contribution in [0.25, 0.3) is 6.08 Å². The summed E-state index contributed by atoms with van der Waals surface area (Å²) < 4.78 is 35.0. The molecule has 0 bridgehead atoms. The van der Waals surface area contributed by atoms with Gasteiger partial charge in [0.15, 0.2) is 12.6 Å². The lowest BCUT2D eigenvalue weighted by atomic mass is 9.94. The zero-order valence-corrected chi connectivity index (χ0v) is 24.5. The zero-order valence-electron chi connectivity index (χ0n) is 24.5. The number of amides is 1. The van der Waals surface area contributed by atoms with E-state index in [1.807, 2.05) is 45.9 Å². The van der Waals surface area contributed by atoms with Crippen molar-refractivity contribution in [2.45, 2.75) is 78.2 Å². The van der Waals surface area contributed by atoms with E-state index in [0.29, 0.717) is 17.7 Å². The molecule has 0 radical (unpaired) electrons. The first kappa shape index (κ1) is 31.6. The Morgan fingerprint density at radius 2 is 1.88 bits per heavy atom. The minimum Gasteiger partial charge on any atom is -0.491 e. The van der Waals surface area contributed by atoms with Gasteiger partial charge in [-0.2, -0.15) is 0 Å². The van der Waals surface area contributed by atoms with Crippen molar-refractivity contribution in [1.29, 1.82) is 0 Å². The molecule has 222 valence electrons. The number of fused-ring (bicyclic) bond motifs is 2. The van der Waals surface area contributed by atoms with Gasteiger partial charge in [0.1, 0.15) is 35.9 Å². The summed E-state index contributed by atoms with van der Waals surface area (Å²) in [4.78, 5) is 24.7. The summed E-state index contributed by atoms with van der Waals surface area (Å²) in [6.45, 7) is 11.0. The van der Waals surface area contributed by atoms with Crippen molar-refractivity contribution in [2.75, 3.05) is 27.1 Å². The molecule has 1 amide bonds. The van der Waals surface area contributed by atoms with Crippen molar-refractivity contribution in [3.8, 4) is 11.5 Å². The molecule has 40 heavy (non-hydrogen) atoms. The Hall–Kier alpha value is -2.92. The fourth-order valence-corrected chi connectivity index (χ4v) is 4.56. The summed E-state index contributed by atoms with van der Waals surface area (Å²) >= 11 is 0. The molecule has 1 aromatic carbocycles. The topological polar surface area (TPSA) is 122 Å². The molecule has 10 nitrogen and oxygen atoms in total. The van der Waals surface area contributed by atoms with Gasteiger partial charge in [0.25, 0.3) is 0 Å². The number of benzene rings is 1. The van der Waals surface area contributed by atoms with E-state index in [1.54, 1.807) is 12.1 Å². The van der Waals surface area contributed by atoms with Gasteiger partial charge in [-0.1, -0.05) is 38.2 Å². The number of carbonyl (C=O) groups is 2. The van der Waals surface area contributed by atoms with Gasteiger partial charge in [0.2, 0.25) is 5.91 Å². The lowest BCUT2D eigenvalue weighted by Crippen LogP contribution is -2.33. The number of rotatable bonds is 8. The fraction of sp³-hybridized carbons (Fsp3) is 0.600. The van der Waals surface area contributed by atoms with Crippen LogP contribution < -0.4 is 14.8 Å². The highest BCUT2D eigenvalue weighted by Crippen LogP contribution is 2.36. The van der Waals surface area contributed by atoms with Gasteiger partial charge in [0.05, 0.1) is 12.2 Å². The highest BCUT2D eigenvalue weighted by Gasteiger charge is 2.42. The van der Waals surface area contributed by atoms with Crippen LogP contribution in [0, 0.1) is 11.8 Å². The minimum atomic E-state index is -0.932. The van der Waals surface area contributed by atoms with Crippen LogP contribution in [0.15, 0.2) is 30.4 Å². The Kier molecular flexibility index (Phi) is 11.2. The molecule has 2 N–H and O–H groups in total. The summed E-state index contributed by atoms with van der Waals surface area (Å²) in [5.74, 6) is -0.897. The number of hydrogen-bond donors (Lipinski definition) is 2. The van der Waals surface area contributed by atoms with Gasteiger partial charge in [-0.25, -0.2) is 4.79 Å². The average molecular weight is 562 g/mol. The van der Waals surface area contributed by atoms with Crippen LogP contribution in [-0.2, 0) is 23.7 Å². The number of methoxy groups -OCH3 is 1. The van der Waals surface area contributed by atoms with Crippen molar-refractivity contribution in [2.24, 2.45) is 11.8 Å². The number of aliphatic hydroxyl groups excluding tert-OH is 1. The predicted octanol–water partition coefficient (Wildman–Crippen LogP) is 3.86. The molecule has 1 saturated heterocycles. The molecule has 0 aromatic heterocycles. The van der Waals surface area contributed by atoms with Crippen LogP contribution in [-0.4, -0.2) is 74.2 Å². The Labute approximate surface area is 236 Å². The van der Waals surface area contributed by atoms with Crippen LogP contribution in [0.3, 0.4) is 0 Å². The van der Waals surface area contributed by atoms with E-state index in [2.05, 4.69) is 18.3 Å². The molecular weight excluding hydrogens is 518 g/mol. The van der Waals surface area contributed by atoms with Crippen molar-refractivity contribution in [3.05, 3.63) is 41.5 Å². The summed E-state index contributed by atoms with van der Waals surface area (Å²) in [5, 5.41) is 12.8. The van der Waals surface area contributed by atoms with Gasteiger partial charge in [-0.3, -0.25) is 4.79 Å². The van der Waals surface area contributed by atoms with Crippen molar-refractivity contribution in [3.63, 3.8) is 0 Å². The lowest BCUT2D eigenvalue weighted by molar-refractivity contribution is -0.148. The standard InChI is InChI=1S/C30H43NO9/c1-18-11-12-19(2)28-25(39-30(5,6)40-28)10-8-9-22-13-24(36-16-23(33)15-31-21(4)32)14-26(37-17-35-7)27(22)29(34)38-20(18)3/h8-9,11-14,18-20,23,25,28,33H,10,15-17H2,1-7H3,(H,31,32)/b9-8?,12-11-/t18-,19?,20?,23?,25?,28?/m1/s1. The second-order valence-electron chi connectivity index (χ2n) is 10.8. The third-order valence-electron chi connectivity index (χ3n) is 6.83. The Morgan fingerprint density at radius 3 is 2.58 bits per heavy atom. The van der Waals surface area contributed by atoms with E-state index in [1.165, 1.54) is 14.0 Å². The molecule has 1 aromatic rings. The molecule has 2 aliphatic heterocycles. The average Bonchev–Trinajstić information content (AvgIpc) is 3.21. The molecule has 6 atom stereocenters. The van der Waals surface area contributed by atoms with E-state index in [9.17, 15) is 14.7 Å². The summed E-state index contributed by atoms with van der Waals surface area (Å²) in [6.07, 6.45) is 6.73. The third kappa shape index (κ3) is 8.79. The van der Waals surface area contributed by atoms with Gasteiger partial charge in [-0.15, -0.1) is 0 Å². The van der Waals surface area contributed by atoms with Gasteiger partial charge in [0, 0.05) is 38.5 Å². The van der Waals surface area contributed by atoms with Crippen LogP contribution in [0.1, 0.15) is 63.9 Å². The summed E-state index contributed by atoms with van der Waals surface area (Å²) in [6, 6.07) is 3.25. The van der Waals surface area contributed by atoms with Crippen LogP contribution >= 0.6 is 0 Å². The monoisotopic (exact) mass is 561 g/mol. The van der Waals surface area contributed by atoms with Crippen LogP contribution in [0.4, 0.5) is 0 Å². The van der Waals surface area contributed by atoms with E-state index in [0.717, 1.165) is 0 Å². The summed E-state index contributed by atoms with van der Waals surface area (Å²) in [5.41, 5.74) is 0.744. The maximum absolute atomic E-state index is 13.5. The number of aliphatic hydroxyl groups is 1. The largest absolute Gasteiger partial charge is 0.491 e. The van der Waals surface area contributed by atoms with Crippen molar-refractivity contribution < 1.29 is 43.1 Å². The maximum atomic E-state index is 13.5. The third-order valence-corrected chi connectivity index (χ3v) is 6.83. The molecule has 5 unspecified atom stereocenters. The molecule has 1 fully saturated rings. The zero-order chi connectivity index (χ0) is 29.4. The van der Waals surface area contributed by atoms with Crippen LogP contribution in [0.5, 0.6) is 11.5 Å². The quantitative estimate of drug-likeness (QED) is 0.277. The molecule has 2 heterocycles. The van der Waals surface area contributed by atoms with Crippen molar-refractivity contribution in [1.82, 2.24) is 5.32 Å². The predicted molar refractivity (Wildman–Crippen MR) is 149 cm³/mol. The molecule has 2 aliphatic rings. The van der Waals surface area contributed by atoms with E-state index in [4.69, 9.17) is 28.4 Å². The molecule has 0 saturated carbocycles. The molecule has 3 rings (SSSR count). The molecule has 0 aliphatic carbocycles. The SMILES string of the molecule is COCOc1cc(OCC(O)CNC(C)=O)cc2c1C(=O)OC(C)[C@H](C)/C=C\C(C)C1OC(C)(C)OC1CC=C2. The normalized spacial score (nSPS) is 27.9. The van der Waals surface area contributed by atoms with Gasteiger partial charge in [-0.05, 0) is 38.8 Å². The Morgan fingerprint density at radius 1 is 1.15 bits per heavy atom. The van der Waals surface area contributed by atoms with Gasteiger partial charge < -0.3 is 38.8 Å². The lowest BCUT2D eigenvalue weighted by Gasteiger charge is -2.23. The maximum Gasteiger partial charge on any atom is 0.342 e. The first-order valence-corrected chi connectivity index (χ1v) is 13.7. The fourth-order valence-electron chi connectivity index (χ4n) is 4.56. The number of nitrogens with one attached hydrogen (secondary N) is 1. The second-order valence-corrected chi connectivity index (χ2v) is 10.8. The number of hydrogen-bond acceptors (Lipinski definition) is 9. The van der Waals surface area contributed by atoms with Crippen molar-refractivity contribution >= 4 is 18.0 Å². The number of carbonyl (C=O) groups excluding carboxylic acids is 2. The van der Waals surface area contributed by atoms with Crippen LogP contribution in [0.2, 0.25) is 0 Å². The highest BCUT2D eigenvalue weighted by atomic mass is 16.8. The smallest absolute Gasteiger partial charge is 0.342 e. The number of ether oxygens (including phenoxy) is 6. The first-order chi connectivity index (χ1) is 18.9. The van der Waals surface area contributed by atoms with E-state index in [-0.39, 0.29) is 61.2 Å². The summed E-state index contributed by atoms with van der Waals surface area (Å²) in [7, 11) is 1.48. The minimum absolute atomic E-state index is 0.0451. The number of cyclic esters (lactones) is 1. The first-order valence-electron chi connectivity index (χ1n) is 13.7. The molecular formula is C30H43NO9. The van der Waals surface area contributed by atoms with E-state index < -0.39 is 24.0 Å².